The van der Waals surface area contributed by atoms with Crippen LogP contribution in [0.2, 0.25) is 0 Å². The van der Waals surface area contributed by atoms with E-state index in [0.29, 0.717) is 5.65 Å². The summed E-state index contributed by atoms with van der Waals surface area (Å²) in [5.41, 5.74) is 1.70. The number of aromatic carboxylic acids is 1. The standard InChI is InChI=1S/C18H16N4O4/c1-3-26-18(25)15-16(22-9-8-11(2)10-14(22)19-15)21-20-13-7-5-4-6-12(13)17(23)24/h4-10H,3H2,1-2H3,(H,23,24). The zero-order chi connectivity index (χ0) is 18.7. The summed E-state index contributed by atoms with van der Waals surface area (Å²) in [6.07, 6.45) is 1.72. The molecule has 0 fully saturated rings. The van der Waals surface area contributed by atoms with Crippen LogP contribution in [0.3, 0.4) is 0 Å². The Hall–Kier alpha value is -3.55. The number of esters is 1. The number of nitrogens with zero attached hydrogens (tertiary/aromatic N) is 4. The van der Waals surface area contributed by atoms with Crippen LogP contribution >= 0.6 is 0 Å². The van der Waals surface area contributed by atoms with Crippen LogP contribution in [0.4, 0.5) is 11.5 Å². The van der Waals surface area contributed by atoms with E-state index in [9.17, 15) is 14.7 Å². The Kier molecular flexibility index (Phi) is 4.74. The van der Waals surface area contributed by atoms with Gasteiger partial charge in [-0.25, -0.2) is 14.6 Å². The van der Waals surface area contributed by atoms with Crippen molar-refractivity contribution in [1.29, 1.82) is 0 Å². The van der Waals surface area contributed by atoms with E-state index < -0.39 is 11.9 Å². The van der Waals surface area contributed by atoms with Gasteiger partial charge in [0.25, 0.3) is 0 Å². The number of hydrogen-bond acceptors (Lipinski definition) is 6. The molecule has 8 nitrogen and oxygen atoms in total. The molecule has 0 aliphatic heterocycles. The molecule has 0 saturated heterocycles. The molecule has 2 aromatic heterocycles. The molecular weight excluding hydrogens is 336 g/mol. The maximum atomic E-state index is 12.2. The van der Waals surface area contributed by atoms with Gasteiger partial charge in [-0.2, -0.15) is 0 Å². The van der Waals surface area contributed by atoms with E-state index in [-0.39, 0.29) is 29.4 Å². The van der Waals surface area contributed by atoms with E-state index in [2.05, 4.69) is 15.2 Å². The number of rotatable bonds is 5. The zero-order valence-corrected chi connectivity index (χ0v) is 14.2. The topological polar surface area (TPSA) is 106 Å². The van der Waals surface area contributed by atoms with Crippen molar-refractivity contribution in [2.45, 2.75) is 13.8 Å². The minimum absolute atomic E-state index is 0.0126. The summed E-state index contributed by atoms with van der Waals surface area (Å²) in [6, 6.07) is 9.86. The molecule has 0 aliphatic carbocycles. The molecule has 0 unspecified atom stereocenters. The third kappa shape index (κ3) is 3.30. The summed E-state index contributed by atoms with van der Waals surface area (Å²) in [6.45, 7) is 3.80. The maximum Gasteiger partial charge on any atom is 0.360 e. The summed E-state index contributed by atoms with van der Waals surface area (Å²) in [5.74, 6) is -1.55. The van der Waals surface area contributed by atoms with Gasteiger partial charge in [-0.05, 0) is 43.7 Å². The SMILES string of the molecule is CCOC(=O)c1nc2cc(C)ccn2c1N=Nc1ccccc1C(=O)O. The number of fused-ring (bicyclic) bond motifs is 1. The summed E-state index contributed by atoms with van der Waals surface area (Å²) in [7, 11) is 0. The summed E-state index contributed by atoms with van der Waals surface area (Å²) in [5, 5.41) is 17.4. The Morgan fingerprint density at radius 3 is 2.73 bits per heavy atom. The number of ether oxygens (including phenoxy) is 1. The van der Waals surface area contributed by atoms with Crippen LogP contribution in [0.1, 0.15) is 33.3 Å². The number of carboxylic acids is 1. The van der Waals surface area contributed by atoms with E-state index in [1.165, 1.54) is 12.1 Å². The van der Waals surface area contributed by atoms with Crippen LogP contribution in [-0.2, 0) is 4.74 Å². The average molecular weight is 352 g/mol. The van der Waals surface area contributed by atoms with Crippen LogP contribution in [0.15, 0.2) is 52.8 Å². The van der Waals surface area contributed by atoms with Gasteiger partial charge in [0.15, 0.2) is 11.5 Å². The number of carbonyl (C=O) groups is 2. The van der Waals surface area contributed by atoms with E-state index in [1.807, 2.05) is 13.0 Å². The second-order valence-corrected chi connectivity index (χ2v) is 5.46. The van der Waals surface area contributed by atoms with Crippen LogP contribution in [0, 0.1) is 6.92 Å². The first-order chi connectivity index (χ1) is 12.5. The molecule has 3 rings (SSSR count). The van der Waals surface area contributed by atoms with Gasteiger partial charge >= 0.3 is 11.9 Å². The minimum Gasteiger partial charge on any atom is -0.478 e. The number of azo groups is 1. The Labute approximate surface area is 148 Å². The molecule has 2 heterocycles. The third-order valence-corrected chi connectivity index (χ3v) is 3.61. The number of aromatic nitrogens is 2. The second kappa shape index (κ2) is 7.14. The van der Waals surface area contributed by atoms with Crippen LogP contribution in [-0.4, -0.2) is 33.0 Å². The first-order valence-electron chi connectivity index (χ1n) is 7.91. The van der Waals surface area contributed by atoms with E-state index >= 15 is 0 Å². The highest BCUT2D eigenvalue weighted by Crippen LogP contribution is 2.27. The smallest absolute Gasteiger partial charge is 0.360 e. The van der Waals surface area contributed by atoms with Crippen LogP contribution in [0.25, 0.3) is 5.65 Å². The van der Waals surface area contributed by atoms with Gasteiger partial charge in [0.05, 0.1) is 12.2 Å². The normalized spacial score (nSPS) is 11.2. The van der Waals surface area contributed by atoms with Crippen molar-refractivity contribution in [2.24, 2.45) is 10.2 Å². The highest BCUT2D eigenvalue weighted by atomic mass is 16.5. The number of carbonyl (C=O) groups excluding carboxylic acids is 1. The lowest BCUT2D eigenvalue weighted by atomic mass is 10.2. The Morgan fingerprint density at radius 1 is 1.23 bits per heavy atom. The van der Waals surface area contributed by atoms with Gasteiger partial charge in [0.1, 0.15) is 11.3 Å². The second-order valence-electron chi connectivity index (χ2n) is 5.46. The lowest BCUT2D eigenvalue weighted by Crippen LogP contribution is -2.05. The van der Waals surface area contributed by atoms with Crippen LogP contribution < -0.4 is 0 Å². The molecule has 0 atom stereocenters. The number of pyridine rings is 1. The van der Waals surface area contributed by atoms with E-state index in [0.717, 1.165) is 5.56 Å². The predicted molar refractivity (Wildman–Crippen MR) is 93.5 cm³/mol. The van der Waals surface area contributed by atoms with Gasteiger partial charge in [-0.1, -0.05) is 12.1 Å². The molecule has 0 bridgehead atoms. The molecule has 0 amide bonds. The lowest BCUT2D eigenvalue weighted by molar-refractivity contribution is 0.0520. The fraction of sp³-hybridized carbons (Fsp3) is 0.167. The summed E-state index contributed by atoms with van der Waals surface area (Å²) >= 11 is 0. The van der Waals surface area contributed by atoms with E-state index in [4.69, 9.17) is 4.74 Å². The lowest BCUT2D eigenvalue weighted by Gasteiger charge is -2.01. The first-order valence-corrected chi connectivity index (χ1v) is 7.91. The van der Waals surface area contributed by atoms with Crippen molar-refractivity contribution in [3.8, 4) is 0 Å². The fourth-order valence-corrected chi connectivity index (χ4v) is 2.41. The Morgan fingerprint density at radius 2 is 2.00 bits per heavy atom. The predicted octanol–water partition coefficient (Wildman–Crippen LogP) is 3.93. The molecule has 132 valence electrons. The van der Waals surface area contributed by atoms with Gasteiger partial charge in [0, 0.05) is 6.20 Å². The number of imidazole rings is 1. The Balaban J connectivity index is 2.13. The Bertz CT molecular complexity index is 1020. The number of carboxylic acid groups (broad SMARTS) is 1. The van der Waals surface area contributed by atoms with Crippen molar-refractivity contribution in [3.63, 3.8) is 0 Å². The molecule has 0 radical (unpaired) electrons. The highest BCUT2D eigenvalue weighted by molar-refractivity contribution is 5.94. The van der Waals surface area contributed by atoms with Crippen molar-refractivity contribution in [3.05, 3.63) is 59.4 Å². The van der Waals surface area contributed by atoms with E-state index in [1.54, 1.807) is 35.7 Å². The third-order valence-electron chi connectivity index (χ3n) is 3.61. The van der Waals surface area contributed by atoms with Gasteiger partial charge in [-0.15, -0.1) is 10.2 Å². The average Bonchev–Trinajstić information content (AvgIpc) is 2.98. The number of hydrogen-bond donors (Lipinski definition) is 1. The molecule has 0 saturated carbocycles. The molecule has 3 aromatic rings. The molecule has 1 N–H and O–H groups in total. The van der Waals surface area contributed by atoms with Crippen LogP contribution in [0.5, 0.6) is 0 Å². The molecule has 1 aromatic carbocycles. The number of benzene rings is 1. The highest BCUT2D eigenvalue weighted by Gasteiger charge is 2.20. The zero-order valence-electron chi connectivity index (χ0n) is 14.2. The van der Waals surface area contributed by atoms with Crippen molar-refractivity contribution in [2.75, 3.05) is 6.61 Å². The van der Waals surface area contributed by atoms with Gasteiger partial charge < -0.3 is 9.84 Å². The fourth-order valence-electron chi connectivity index (χ4n) is 2.41. The van der Waals surface area contributed by atoms with Crippen molar-refractivity contribution in [1.82, 2.24) is 9.38 Å². The summed E-state index contributed by atoms with van der Waals surface area (Å²) in [4.78, 5) is 27.8. The maximum absolute atomic E-state index is 12.2. The minimum atomic E-state index is -1.11. The monoisotopic (exact) mass is 352 g/mol. The first kappa shape index (κ1) is 17.3. The van der Waals surface area contributed by atoms with Crippen molar-refractivity contribution < 1.29 is 19.4 Å². The quantitative estimate of drug-likeness (QED) is 0.553. The molecule has 0 spiro atoms. The summed E-state index contributed by atoms with van der Waals surface area (Å²) < 4.78 is 6.64. The van der Waals surface area contributed by atoms with Gasteiger partial charge in [-0.3, -0.25) is 4.40 Å². The molecular formula is C18H16N4O4. The van der Waals surface area contributed by atoms with Gasteiger partial charge in [0.2, 0.25) is 0 Å². The molecule has 8 heteroatoms. The largest absolute Gasteiger partial charge is 0.478 e. The van der Waals surface area contributed by atoms with Crippen molar-refractivity contribution >= 4 is 29.1 Å². The molecule has 0 aliphatic rings. The number of aryl methyl sites for hydroxylation is 1. The molecule has 26 heavy (non-hydrogen) atoms.